The number of anilines is 1. The summed E-state index contributed by atoms with van der Waals surface area (Å²) in [5.74, 6) is 0.657. The number of thioether (sulfide) groups is 1. The first-order chi connectivity index (χ1) is 12.1. The van der Waals surface area contributed by atoms with Crippen molar-refractivity contribution in [2.75, 3.05) is 18.0 Å². The van der Waals surface area contributed by atoms with Gasteiger partial charge in [-0.2, -0.15) is 0 Å². The second-order valence-corrected chi connectivity index (χ2v) is 7.79. The maximum atomic E-state index is 11.8. The Morgan fingerprint density at radius 2 is 1.80 bits per heavy atom. The Morgan fingerprint density at radius 3 is 2.40 bits per heavy atom. The molecule has 0 aliphatic carbocycles. The number of para-hydroxylation sites is 1. The second kappa shape index (κ2) is 7.91. The van der Waals surface area contributed by atoms with Gasteiger partial charge in [-0.05, 0) is 37.3 Å². The van der Waals surface area contributed by atoms with Gasteiger partial charge in [0.05, 0.1) is 10.9 Å². The molecule has 134 valence electrons. The third-order valence-corrected chi connectivity index (χ3v) is 5.89. The van der Waals surface area contributed by atoms with Crippen LogP contribution in [0.5, 0.6) is 0 Å². The normalized spacial score (nSPS) is 16.2. The molecule has 1 aromatic carbocycles. The van der Waals surface area contributed by atoms with E-state index in [1.807, 2.05) is 48.7 Å². The van der Waals surface area contributed by atoms with Crippen molar-refractivity contribution in [2.24, 2.45) is 11.7 Å². The quantitative estimate of drug-likeness (QED) is 0.803. The van der Waals surface area contributed by atoms with E-state index < -0.39 is 0 Å². The molecule has 25 heavy (non-hydrogen) atoms. The lowest BCUT2D eigenvalue weighted by Gasteiger charge is -2.28. The van der Waals surface area contributed by atoms with E-state index >= 15 is 0 Å². The summed E-state index contributed by atoms with van der Waals surface area (Å²) >= 11 is 1.40. The van der Waals surface area contributed by atoms with Crippen LogP contribution in [0.15, 0.2) is 35.5 Å². The lowest BCUT2D eigenvalue weighted by atomic mass is 10.1. The number of piperidine rings is 1. The van der Waals surface area contributed by atoms with Gasteiger partial charge in [0.1, 0.15) is 0 Å². The van der Waals surface area contributed by atoms with Crippen molar-refractivity contribution in [3.8, 4) is 5.69 Å². The maximum absolute atomic E-state index is 11.8. The van der Waals surface area contributed by atoms with Gasteiger partial charge in [0.15, 0.2) is 5.16 Å². The number of nitrogens with zero attached hydrogens (tertiary/aromatic N) is 4. The average molecular weight is 359 g/mol. The summed E-state index contributed by atoms with van der Waals surface area (Å²) in [5.41, 5.74) is 6.60. The van der Waals surface area contributed by atoms with E-state index in [1.165, 1.54) is 31.0 Å². The van der Waals surface area contributed by atoms with Gasteiger partial charge >= 0.3 is 0 Å². The first-order valence-corrected chi connectivity index (χ1v) is 9.67. The molecule has 0 unspecified atom stereocenters. The number of hydrogen-bond donors (Lipinski definition) is 1. The van der Waals surface area contributed by atoms with E-state index in [0.29, 0.717) is 5.16 Å². The minimum absolute atomic E-state index is 0.127. The fraction of sp³-hybridized carbons (Fsp3) is 0.500. The summed E-state index contributed by atoms with van der Waals surface area (Å²) in [4.78, 5) is 14.1. The molecule has 1 amide bonds. The Kier molecular flexibility index (Phi) is 5.63. The van der Waals surface area contributed by atoms with Crippen molar-refractivity contribution in [3.05, 3.63) is 30.3 Å². The van der Waals surface area contributed by atoms with Crippen LogP contribution in [0.3, 0.4) is 0 Å². The van der Waals surface area contributed by atoms with Crippen molar-refractivity contribution in [2.45, 2.75) is 43.5 Å². The molecular formula is C18H25N5OS. The number of aromatic nitrogens is 3. The summed E-state index contributed by atoms with van der Waals surface area (Å²) in [7, 11) is 0. The van der Waals surface area contributed by atoms with Gasteiger partial charge in [-0.15, -0.1) is 10.2 Å². The van der Waals surface area contributed by atoms with E-state index in [1.54, 1.807) is 0 Å². The molecule has 2 N–H and O–H groups in total. The summed E-state index contributed by atoms with van der Waals surface area (Å²) in [6.07, 6.45) is 3.59. The van der Waals surface area contributed by atoms with Gasteiger partial charge in [-0.1, -0.05) is 43.8 Å². The molecule has 1 saturated heterocycles. The number of amides is 1. The van der Waals surface area contributed by atoms with E-state index in [2.05, 4.69) is 15.1 Å². The molecule has 1 fully saturated rings. The zero-order valence-corrected chi connectivity index (χ0v) is 15.6. The fourth-order valence-corrected chi connectivity index (χ4v) is 4.07. The molecule has 1 atom stereocenters. The van der Waals surface area contributed by atoms with Crippen LogP contribution in [0.1, 0.15) is 33.1 Å². The van der Waals surface area contributed by atoms with Crippen LogP contribution in [0.25, 0.3) is 5.69 Å². The molecule has 1 aromatic heterocycles. The molecule has 0 saturated carbocycles. The molecular weight excluding hydrogens is 334 g/mol. The molecule has 6 nitrogen and oxygen atoms in total. The Bertz CT molecular complexity index is 710. The summed E-state index contributed by atoms with van der Waals surface area (Å²) in [6, 6.07) is 10.1. The van der Waals surface area contributed by atoms with E-state index in [0.717, 1.165) is 24.7 Å². The zero-order valence-electron chi connectivity index (χ0n) is 14.8. The molecule has 3 rings (SSSR count). The van der Waals surface area contributed by atoms with Crippen LogP contribution in [0.2, 0.25) is 0 Å². The van der Waals surface area contributed by atoms with Crippen LogP contribution in [-0.4, -0.2) is 39.0 Å². The zero-order chi connectivity index (χ0) is 17.8. The van der Waals surface area contributed by atoms with Crippen molar-refractivity contribution < 1.29 is 4.79 Å². The smallest absolute Gasteiger partial charge is 0.232 e. The summed E-state index contributed by atoms with van der Waals surface area (Å²) in [6.45, 7) is 5.96. The number of carbonyl (C=O) groups excluding carboxylic acids is 1. The summed E-state index contributed by atoms with van der Waals surface area (Å²) in [5, 5.41) is 9.23. The maximum Gasteiger partial charge on any atom is 0.232 e. The van der Waals surface area contributed by atoms with Crippen LogP contribution in [-0.2, 0) is 4.79 Å². The third-order valence-electron chi connectivity index (χ3n) is 4.39. The number of primary amides is 1. The number of benzene rings is 1. The van der Waals surface area contributed by atoms with Crippen LogP contribution < -0.4 is 10.6 Å². The van der Waals surface area contributed by atoms with Gasteiger partial charge in [0.2, 0.25) is 11.9 Å². The standard InChI is InChI=1S/C18H25N5OS/c1-13(2)15(16(19)24)25-18-21-20-17(22-11-7-4-8-12-22)23(18)14-9-5-3-6-10-14/h3,5-6,9-10,13,15H,4,7-8,11-12H2,1-2H3,(H2,19,24)/t15-/m1/s1. The lowest BCUT2D eigenvalue weighted by Crippen LogP contribution is -2.32. The van der Waals surface area contributed by atoms with Gasteiger partial charge in [-0.25, -0.2) is 0 Å². The highest BCUT2D eigenvalue weighted by atomic mass is 32.2. The Balaban J connectivity index is 2.00. The lowest BCUT2D eigenvalue weighted by molar-refractivity contribution is -0.118. The first-order valence-electron chi connectivity index (χ1n) is 8.79. The van der Waals surface area contributed by atoms with Crippen molar-refractivity contribution in [1.29, 1.82) is 0 Å². The minimum Gasteiger partial charge on any atom is -0.369 e. The highest BCUT2D eigenvalue weighted by Gasteiger charge is 2.27. The third kappa shape index (κ3) is 3.98. The minimum atomic E-state index is -0.333. The highest BCUT2D eigenvalue weighted by molar-refractivity contribution is 8.00. The van der Waals surface area contributed by atoms with Crippen molar-refractivity contribution in [1.82, 2.24) is 14.8 Å². The predicted octanol–water partition coefficient (Wildman–Crippen LogP) is 2.86. The molecule has 2 heterocycles. The molecule has 2 aromatic rings. The Morgan fingerprint density at radius 1 is 1.12 bits per heavy atom. The number of hydrogen-bond acceptors (Lipinski definition) is 5. The largest absolute Gasteiger partial charge is 0.369 e. The average Bonchev–Trinajstić information content (AvgIpc) is 3.04. The number of carbonyl (C=O) groups is 1. The van der Waals surface area contributed by atoms with Gasteiger partial charge in [0, 0.05) is 13.1 Å². The molecule has 1 aliphatic heterocycles. The highest BCUT2D eigenvalue weighted by Crippen LogP contribution is 2.32. The fourth-order valence-electron chi connectivity index (χ4n) is 3.08. The van der Waals surface area contributed by atoms with E-state index in [9.17, 15) is 4.79 Å². The second-order valence-electron chi connectivity index (χ2n) is 6.69. The number of rotatable bonds is 6. The topological polar surface area (TPSA) is 77.0 Å². The Labute approximate surface area is 152 Å². The summed E-state index contributed by atoms with van der Waals surface area (Å²) < 4.78 is 2.05. The van der Waals surface area contributed by atoms with Crippen molar-refractivity contribution >= 4 is 23.6 Å². The van der Waals surface area contributed by atoms with Crippen LogP contribution in [0, 0.1) is 5.92 Å². The van der Waals surface area contributed by atoms with Gasteiger partial charge in [-0.3, -0.25) is 9.36 Å². The monoisotopic (exact) mass is 359 g/mol. The van der Waals surface area contributed by atoms with Crippen LogP contribution in [0.4, 0.5) is 5.95 Å². The molecule has 1 aliphatic rings. The van der Waals surface area contributed by atoms with E-state index in [-0.39, 0.29) is 17.1 Å². The molecule has 7 heteroatoms. The molecule has 0 bridgehead atoms. The SMILES string of the molecule is CC(C)[C@@H](Sc1nnc(N2CCCCC2)n1-c1ccccc1)C(N)=O. The van der Waals surface area contributed by atoms with Gasteiger partial charge < -0.3 is 10.6 Å². The first kappa shape index (κ1) is 17.8. The molecule has 0 spiro atoms. The molecule has 0 radical (unpaired) electrons. The predicted molar refractivity (Wildman–Crippen MR) is 101 cm³/mol. The van der Waals surface area contributed by atoms with Crippen LogP contribution >= 0.6 is 11.8 Å². The van der Waals surface area contributed by atoms with Crippen molar-refractivity contribution in [3.63, 3.8) is 0 Å². The number of nitrogens with two attached hydrogens (primary N) is 1. The Hall–Kier alpha value is -2.02. The van der Waals surface area contributed by atoms with Gasteiger partial charge in [0.25, 0.3) is 0 Å². The van der Waals surface area contributed by atoms with E-state index in [4.69, 9.17) is 5.73 Å².